The molecule has 0 rings (SSSR count). The Kier molecular flexibility index (Phi) is 24.4. The van der Waals surface area contributed by atoms with Gasteiger partial charge in [-0.15, -0.1) is 0 Å². The van der Waals surface area contributed by atoms with Gasteiger partial charge in [0.05, 0.1) is 0 Å². The molecule has 0 radical (unpaired) electrons. The molecule has 0 bridgehead atoms. The molecular weight excluding hydrogens is 694 g/mol. The number of hydrogen-bond acceptors (Lipinski definition) is 9. The van der Waals surface area contributed by atoms with Crippen molar-refractivity contribution in [2.75, 3.05) is 53.9 Å². The predicted molar refractivity (Wildman–Crippen MR) is 149 cm³/mol. The molecule has 0 aromatic carbocycles. The van der Waals surface area contributed by atoms with Gasteiger partial charge in [-0.2, -0.15) is 0 Å². The van der Waals surface area contributed by atoms with Crippen molar-refractivity contribution in [1.29, 1.82) is 0 Å². The molecule has 0 atom stereocenters. The summed E-state index contributed by atoms with van der Waals surface area (Å²) in [5.74, 6) is -0.751. The molecule has 0 aliphatic carbocycles. The topological polar surface area (TPSA) is 98.8 Å². The van der Waals surface area contributed by atoms with Gasteiger partial charge in [0.2, 0.25) is 0 Å². The van der Waals surface area contributed by atoms with Crippen LogP contribution in [0.1, 0.15) is 79.1 Å². The maximum atomic E-state index is 13.0. The van der Waals surface area contributed by atoms with Gasteiger partial charge in [0, 0.05) is 0 Å². The van der Waals surface area contributed by atoms with Crippen LogP contribution in [0.4, 0.5) is 0 Å². The second kappa shape index (κ2) is 24.2. The van der Waals surface area contributed by atoms with E-state index in [9.17, 15) is 9.59 Å². The number of methoxy groups -OCH3 is 2. The molecule has 220 valence electrons. The Morgan fingerprint density at radius 2 is 0.865 bits per heavy atom. The summed E-state index contributed by atoms with van der Waals surface area (Å²) in [5.41, 5.74) is 0. The molecule has 0 spiro atoms. The summed E-state index contributed by atoms with van der Waals surface area (Å²) in [6, 6.07) is 0. The van der Waals surface area contributed by atoms with Crippen molar-refractivity contribution < 1.29 is 36.1 Å². The van der Waals surface area contributed by atoms with Gasteiger partial charge >= 0.3 is 237 Å². The van der Waals surface area contributed by atoms with Crippen molar-refractivity contribution in [3.63, 3.8) is 0 Å². The van der Waals surface area contributed by atoms with E-state index in [2.05, 4.69) is 27.7 Å². The van der Waals surface area contributed by atoms with E-state index in [-0.39, 0.29) is 25.2 Å². The molecule has 0 aliphatic rings. The molecular formula is C26H54O9Sn2. The van der Waals surface area contributed by atoms with Crippen LogP contribution < -0.4 is 0 Å². The summed E-state index contributed by atoms with van der Waals surface area (Å²) in [4.78, 5) is 25.9. The third kappa shape index (κ3) is 18.3. The van der Waals surface area contributed by atoms with E-state index in [0.717, 1.165) is 69.1 Å². The summed E-state index contributed by atoms with van der Waals surface area (Å²) in [6.07, 6.45) is 7.63. The van der Waals surface area contributed by atoms with Gasteiger partial charge in [0.1, 0.15) is 0 Å². The van der Waals surface area contributed by atoms with Crippen LogP contribution in [-0.4, -0.2) is 104 Å². The summed E-state index contributed by atoms with van der Waals surface area (Å²) < 4.78 is 43.9. The van der Waals surface area contributed by atoms with Gasteiger partial charge in [-0.05, 0) is 0 Å². The van der Waals surface area contributed by atoms with Gasteiger partial charge in [0.15, 0.2) is 0 Å². The van der Waals surface area contributed by atoms with Crippen LogP contribution in [0, 0.1) is 0 Å². The first-order valence-electron chi connectivity index (χ1n) is 14.1. The van der Waals surface area contributed by atoms with Gasteiger partial charge in [0.25, 0.3) is 0 Å². The van der Waals surface area contributed by atoms with E-state index in [1.165, 1.54) is 0 Å². The normalized spacial score (nSPS) is 12.1. The average molecular weight is 748 g/mol. The van der Waals surface area contributed by atoms with Crippen molar-refractivity contribution in [1.82, 2.24) is 0 Å². The zero-order valence-corrected chi connectivity index (χ0v) is 30.1. The molecule has 0 aliphatic heterocycles. The molecule has 0 aromatic heterocycles. The Hall–Kier alpha value is 0.337. The summed E-state index contributed by atoms with van der Waals surface area (Å²) in [5, 5.41) is 0. The molecule has 0 aromatic rings. The Morgan fingerprint density at radius 1 is 0.541 bits per heavy atom. The number of carbonyl (C=O) groups excluding carboxylic acids is 2. The van der Waals surface area contributed by atoms with Crippen molar-refractivity contribution in [2.45, 2.75) is 96.8 Å². The minimum atomic E-state index is -3.99. The van der Waals surface area contributed by atoms with E-state index in [0.29, 0.717) is 26.4 Å². The Balaban J connectivity index is 6.03. The fourth-order valence-corrected chi connectivity index (χ4v) is 45.1. The fraction of sp³-hybridized carbons (Fsp3) is 0.923. The first-order chi connectivity index (χ1) is 17.9. The van der Waals surface area contributed by atoms with Gasteiger partial charge in [-0.25, -0.2) is 0 Å². The Labute approximate surface area is 235 Å². The second-order valence-electron chi connectivity index (χ2n) is 9.38. The molecule has 0 unspecified atom stereocenters. The van der Waals surface area contributed by atoms with E-state index < -0.39 is 38.4 Å². The van der Waals surface area contributed by atoms with Gasteiger partial charge in [-0.1, -0.05) is 0 Å². The molecule has 0 fully saturated rings. The Bertz CT molecular complexity index is 514. The first-order valence-corrected chi connectivity index (χ1v) is 26.9. The summed E-state index contributed by atoms with van der Waals surface area (Å²) in [6.45, 7) is 9.78. The summed E-state index contributed by atoms with van der Waals surface area (Å²) in [7, 11) is 3.19. The van der Waals surface area contributed by atoms with Gasteiger partial charge < -0.3 is 0 Å². The van der Waals surface area contributed by atoms with Crippen LogP contribution in [-0.2, 0) is 36.1 Å². The van der Waals surface area contributed by atoms with Crippen molar-refractivity contribution >= 4 is 50.3 Å². The third-order valence-corrected chi connectivity index (χ3v) is 38.4. The molecule has 9 nitrogen and oxygen atoms in total. The predicted octanol–water partition coefficient (Wildman–Crippen LogP) is 5.50. The maximum absolute atomic E-state index is 13.0. The van der Waals surface area contributed by atoms with Crippen molar-refractivity contribution in [3.8, 4) is 0 Å². The van der Waals surface area contributed by atoms with Crippen LogP contribution >= 0.6 is 0 Å². The monoisotopic (exact) mass is 750 g/mol. The average Bonchev–Trinajstić information content (AvgIpc) is 2.89. The van der Waals surface area contributed by atoms with Crippen molar-refractivity contribution in [3.05, 3.63) is 0 Å². The van der Waals surface area contributed by atoms with E-state index in [4.69, 9.17) is 26.5 Å². The molecule has 0 saturated heterocycles. The van der Waals surface area contributed by atoms with Crippen LogP contribution in [0.5, 0.6) is 0 Å². The van der Waals surface area contributed by atoms with Crippen LogP contribution in [0.25, 0.3) is 0 Å². The minimum absolute atomic E-state index is 0.122. The van der Waals surface area contributed by atoms with Crippen molar-refractivity contribution in [2.24, 2.45) is 0 Å². The van der Waals surface area contributed by atoms with E-state index in [1.807, 2.05) is 0 Å². The van der Waals surface area contributed by atoms with E-state index in [1.54, 1.807) is 14.2 Å². The number of rotatable bonds is 26. The number of ether oxygens (including phenoxy) is 4. The standard InChI is InChI=1S/2C5H10O4.4C4H9.O.2Sn/c2*1-8-2-3-9-4-5(6)7;4*1-3-4-2;;;/h2*2-4H2,1H3,(H,6,7);4*1,3-4H2,2H3;;;/q;;;;;;;2*+1/p-2. The molecule has 0 amide bonds. The summed E-state index contributed by atoms with van der Waals surface area (Å²) >= 11 is -7.99. The molecule has 37 heavy (non-hydrogen) atoms. The SMILES string of the molecule is CCC[CH2][Sn]([CH2]CCC)([O]C(=O)COCCOC)[O][Sn]([CH2]CCC)([CH2]CCC)[O]C(=O)COCCOC. The van der Waals surface area contributed by atoms with Crippen LogP contribution in [0.3, 0.4) is 0 Å². The van der Waals surface area contributed by atoms with E-state index >= 15 is 0 Å². The number of hydrogen-bond donors (Lipinski definition) is 0. The Morgan fingerprint density at radius 3 is 1.14 bits per heavy atom. The molecule has 11 heteroatoms. The van der Waals surface area contributed by atoms with Crippen LogP contribution in [0.15, 0.2) is 0 Å². The van der Waals surface area contributed by atoms with Gasteiger partial charge in [-0.3, -0.25) is 0 Å². The quantitative estimate of drug-likeness (QED) is 0.0840. The first kappa shape index (κ1) is 37.3. The molecule has 0 N–H and O–H groups in total. The zero-order chi connectivity index (χ0) is 27.8. The fourth-order valence-electron chi connectivity index (χ4n) is 3.89. The number of unbranched alkanes of at least 4 members (excludes halogenated alkanes) is 4. The third-order valence-electron chi connectivity index (χ3n) is 5.92. The molecule has 0 heterocycles. The molecule has 0 saturated carbocycles. The van der Waals surface area contributed by atoms with Crippen LogP contribution in [0.2, 0.25) is 17.7 Å². The number of carbonyl (C=O) groups is 2. The zero-order valence-electron chi connectivity index (χ0n) is 24.4. The second-order valence-corrected chi connectivity index (χ2v) is 31.1.